The fourth-order valence-electron chi connectivity index (χ4n) is 3.76. The number of aryl methyl sites for hydroxylation is 2. The van der Waals surface area contributed by atoms with Gasteiger partial charge in [0.2, 0.25) is 0 Å². The second-order valence-electron chi connectivity index (χ2n) is 8.80. The van der Waals surface area contributed by atoms with Crippen LogP contribution in [0.2, 0.25) is 0 Å². The van der Waals surface area contributed by atoms with Crippen molar-refractivity contribution in [2.75, 3.05) is 4.90 Å². The molecule has 0 radical (unpaired) electrons. The zero-order valence-corrected chi connectivity index (χ0v) is 22.9. The molecule has 0 spiro atoms. The predicted molar refractivity (Wildman–Crippen MR) is 157 cm³/mol. The molecule has 4 nitrogen and oxygen atoms in total. The Hall–Kier alpha value is -3.61. The summed E-state index contributed by atoms with van der Waals surface area (Å²) in [6.45, 7) is 4.57. The van der Waals surface area contributed by atoms with Gasteiger partial charge in [-0.25, -0.2) is 4.99 Å². The number of halogens is 1. The van der Waals surface area contributed by atoms with Crippen LogP contribution in [0.1, 0.15) is 22.3 Å². The summed E-state index contributed by atoms with van der Waals surface area (Å²) in [5, 5.41) is 0.637. The van der Waals surface area contributed by atoms with Crippen LogP contribution in [0, 0.1) is 13.8 Å². The van der Waals surface area contributed by atoms with Crippen LogP contribution in [0.25, 0.3) is 6.08 Å². The summed E-state index contributed by atoms with van der Waals surface area (Å²) >= 11 is 4.83. The first-order valence-electron chi connectivity index (χ1n) is 11.9. The van der Waals surface area contributed by atoms with Crippen molar-refractivity contribution in [2.45, 2.75) is 20.5 Å². The Balaban J connectivity index is 1.38. The highest BCUT2D eigenvalue weighted by atomic mass is 79.9. The van der Waals surface area contributed by atoms with E-state index >= 15 is 0 Å². The number of benzene rings is 4. The molecule has 0 bridgehead atoms. The lowest BCUT2D eigenvalue weighted by Crippen LogP contribution is -2.28. The molecule has 1 fully saturated rings. The van der Waals surface area contributed by atoms with Crippen molar-refractivity contribution in [2.24, 2.45) is 4.99 Å². The van der Waals surface area contributed by atoms with Gasteiger partial charge in [-0.15, -0.1) is 0 Å². The Morgan fingerprint density at radius 1 is 0.838 bits per heavy atom. The molecule has 1 saturated heterocycles. The number of ether oxygens (including phenoxy) is 1. The summed E-state index contributed by atoms with van der Waals surface area (Å²) < 4.78 is 6.96. The first-order valence-corrected chi connectivity index (χ1v) is 13.5. The van der Waals surface area contributed by atoms with Gasteiger partial charge in [0.05, 0.1) is 16.3 Å². The number of carbonyl (C=O) groups excluding carboxylic acids is 1. The predicted octanol–water partition coefficient (Wildman–Crippen LogP) is 8.45. The summed E-state index contributed by atoms with van der Waals surface area (Å²) in [6.07, 6.45) is 1.91. The Kier molecular flexibility index (Phi) is 7.58. The van der Waals surface area contributed by atoms with Crippen LogP contribution in [0.3, 0.4) is 0 Å². The lowest BCUT2D eigenvalue weighted by Gasteiger charge is -2.16. The fraction of sp³-hybridized carbons (Fsp3) is 0.0968. The number of nitrogens with zero attached hydrogens (tertiary/aromatic N) is 2. The van der Waals surface area contributed by atoms with Crippen LogP contribution in [0.15, 0.2) is 111 Å². The maximum Gasteiger partial charge on any atom is 0.271 e. The van der Waals surface area contributed by atoms with Crippen molar-refractivity contribution in [1.82, 2.24) is 0 Å². The van der Waals surface area contributed by atoms with Crippen molar-refractivity contribution in [3.63, 3.8) is 0 Å². The molecule has 1 aliphatic heterocycles. The number of anilines is 1. The minimum absolute atomic E-state index is 0.0877. The number of hydrogen-bond donors (Lipinski definition) is 0. The number of amides is 1. The average Bonchev–Trinajstić information content (AvgIpc) is 3.20. The molecule has 4 aromatic rings. The minimum atomic E-state index is -0.0877. The van der Waals surface area contributed by atoms with Gasteiger partial charge in [-0.3, -0.25) is 9.69 Å². The molecular weight excluding hydrogens is 544 g/mol. The van der Waals surface area contributed by atoms with E-state index in [0.717, 1.165) is 38.3 Å². The lowest BCUT2D eigenvalue weighted by molar-refractivity contribution is -0.113. The third kappa shape index (κ3) is 6.21. The molecule has 1 amide bonds. The van der Waals surface area contributed by atoms with Crippen LogP contribution < -0.4 is 9.64 Å². The van der Waals surface area contributed by atoms with Crippen molar-refractivity contribution in [3.05, 3.63) is 129 Å². The molecule has 1 heterocycles. The van der Waals surface area contributed by atoms with Crippen LogP contribution >= 0.6 is 27.7 Å². The summed E-state index contributed by atoms with van der Waals surface area (Å²) in [5.74, 6) is 0.689. The summed E-state index contributed by atoms with van der Waals surface area (Å²) in [6, 6.07) is 31.7. The topological polar surface area (TPSA) is 41.9 Å². The largest absolute Gasteiger partial charge is 0.489 e. The van der Waals surface area contributed by atoms with E-state index < -0.39 is 0 Å². The lowest BCUT2D eigenvalue weighted by atomic mass is 10.2. The van der Waals surface area contributed by atoms with Crippen molar-refractivity contribution in [1.29, 1.82) is 0 Å². The molecule has 0 aromatic heterocycles. The van der Waals surface area contributed by atoms with Gasteiger partial charge in [0.25, 0.3) is 5.91 Å². The van der Waals surface area contributed by atoms with E-state index in [0.29, 0.717) is 16.7 Å². The van der Waals surface area contributed by atoms with Crippen LogP contribution in [-0.4, -0.2) is 11.1 Å². The quantitative estimate of drug-likeness (QED) is 0.219. The molecular formula is C31H25BrN2O2S. The van der Waals surface area contributed by atoms with Gasteiger partial charge in [0, 0.05) is 4.47 Å². The molecule has 0 unspecified atom stereocenters. The van der Waals surface area contributed by atoms with Gasteiger partial charge in [-0.1, -0.05) is 75.6 Å². The minimum Gasteiger partial charge on any atom is -0.489 e. The molecule has 184 valence electrons. The van der Waals surface area contributed by atoms with Gasteiger partial charge < -0.3 is 4.74 Å². The van der Waals surface area contributed by atoms with E-state index in [2.05, 4.69) is 15.9 Å². The molecule has 5 rings (SSSR count). The normalized spacial score (nSPS) is 15.5. The Bertz CT molecular complexity index is 1460. The van der Waals surface area contributed by atoms with Gasteiger partial charge in [0.15, 0.2) is 5.17 Å². The fourth-order valence-corrected chi connectivity index (χ4v) is 5.02. The van der Waals surface area contributed by atoms with E-state index in [4.69, 9.17) is 9.73 Å². The number of hydrogen-bond acceptors (Lipinski definition) is 4. The third-order valence-corrected chi connectivity index (χ3v) is 7.35. The highest BCUT2D eigenvalue weighted by Gasteiger charge is 2.34. The molecule has 37 heavy (non-hydrogen) atoms. The molecule has 0 N–H and O–H groups in total. The van der Waals surface area contributed by atoms with E-state index in [1.807, 2.05) is 117 Å². The molecule has 4 aromatic carbocycles. The Morgan fingerprint density at radius 2 is 1.46 bits per heavy atom. The van der Waals surface area contributed by atoms with Crippen LogP contribution in [0.4, 0.5) is 11.4 Å². The Labute approximate surface area is 229 Å². The number of aliphatic imine (C=N–C) groups is 1. The molecule has 6 heteroatoms. The van der Waals surface area contributed by atoms with Gasteiger partial charge in [-0.05, 0) is 91.3 Å². The number of amidine groups is 1. The van der Waals surface area contributed by atoms with E-state index in [1.165, 1.54) is 17.3 Å². The average molecular weight is 570 g/mol. The SMILES string of the molecule is Cc1ccc(N=C2S/C(=C/c3ccc(OCc4ccc(Br)cc4)cc3)C(=O)N2c2ccc(C)cc2)cc1. The first-order chi connectivity index (χ1) is 17.9. The summed E-state index contributed by atoms with van der Waals surface area (Å²) in [4.78, 5) is 20.6. The standard InChI is InChI=1S/C31H25BrN2O2S/c1-21-3-13-26(14-4-21)33-31-34(27-15-5-22(2)6-16-27)30(35)29(37-31)19-23-9-17-28(18-10-23)36-20-24-7-11-25(32)12-8-24/h3-19H,20H2,1-2H3/b29-19+,33-31?. The molecule has 0 saturated carbocycles. The second kappa shape index (κ2) is 11.2. The monoisotopic (exact) mass is 568 g/mol. The zero-order chi connectivity index (χ0) is 25.8. The number of rotatable bonds is 6. The van der Waals surface area contributed by atoms with Gasteiger partial charge in [-0.2, -0.15) is 0 Å². The summed E-state index contributed by atoms with van der Waals surface area (Å²) in [7, 11) is 0. The van der Waals surface area contributed by atoms with Crippen LogP contribution in [0.5, 0.6) is 5.75 Å². The maximum atomic E-state index is 13.5. The maximum absolute atomic E-state index is 13.5. The third-order valence-electron chi connectivity index (χ3n) is 5.85. The first kappa shape index (κ1) is 25.1. The van der Waals surface area contributed by atoms with E-state index in [9.17, 15) is 4.79 Å². The van der Waals surface area contributed by atoms with E-state index in [1.54, 1.807) is 4.90 Å². The van der Waals surface area contributed by atoms with Crippen LogP contribution in [-0.2, 0) is 11.4 Å². The highest BCUT2D eigenvalue weighted by Crippen LogP contribution is 2.37. The zero-order valence-electron chi connectivity index (χ0n) is 20.5. The number of carbonyl (C=O) groups is 1. The second-order valence-corrected chi connectivity index (χ2v) is 10.7. The summed E-state index contributed by atoms with van der Waals surface area (Å²) in [5.41, 5.74) is 5.93. The van der Waals surface area contributed by atoms with Gasteiger partial charge in [0.1, 0.15) is 12.4 Å². The molecule has 0 atom stereocenters. The smallest absolute Gasteiger partial charge is 0.271 e. The van der Waals surface area contributed by atoms with Crippen molar-refractivity contribution >= 4 is 56.2 Å². The molecule has 0 aliphatic carbocycles. The van der Waals surface area contributed by atoms with Crippen molar-refractivity contribution < 1.29 is 9.53 Å². The number of thioether (sulfide) groups is 1. The molecule has 1 aliphatic rings. The Morgan fingerprint density at radius 3 is 2.11 bits per heavy atom. The highest BCUT2D eigenvalue weighted by molar-refractivity contribution is 9.10. The van der Waals surface area contributed by atoms with Gasteiger partial charge >= 0.3 is 0 Å². The van der Waals surface area contributed by atoms with Crippen molar-refractivity contribution in [3.8, 4) is 5.75 Å². The van der Waals surface area contributed by atoms with E-state index in [-0.39, 0.29) is 5.91 Å².